The van der Waals surface area contributed by atoms with Crippen molar-refractivity contribution in [1.29, 1.82) is 0 Å². The minimum atomic E-state index is 0. The number of hydrogen-bond acceptors (Lipinski definition) is 5. The van der Waals surface area contributed by atoms with Gasteiger partial charge in [0.25, 0.3) is 0 Å². The Labute approximate surface area is 181 Å². The molecule has 0 spiro atoms. The highest BCUT2D eigenvalue weighted by Gasteiger charge is 2.18. The molecular formula is C23H36ClNO4. The summed E-state index contributed by atoms with van der Waals surface area (Å²) >= 11 is 0. The highest BCUT2D eigenvalue weighted by atomic mass is 35.5. The number of unbranched alkanes of at least 4 members (excludes halogenated alkanes) is 2. The molecule has 0 radical (unpaired) electrons. The molecule has 5 nitrogen and oxygen atoms in total. The fourth-order valence-electron chi connectivity index (χ4n) is 2.70. The normalized spacial score (nSPS) is 10.7. The van der Waals surface area contributed by atoms with E-state index in [1.807, 2.05) is 49.4 Å². The fourth-order valence-corrected chi connectivity index (χ4v) is 2.70. The highest BCUT2D eigenvalue weighted by molar-refractivity contribution is 5.85. The van der Waals surface area contributed by atoms with Crippen LogP contribution in [0.4, 0.5) is 0 Å². The first kappa shape index (κ1) is 26.9. The molecule has 0 aliphatic rings. The molecule has 6 heteroatoms. The Morgan fingerprint density at radius 3 is 2.03 bits per heavy atom. The zero-order chi connectivity index (χ0) is 20.8. The maximum Gasteiger partial charge on any atom is 0.203 e. The molecule has 0 aromatic heterocycles. The van der Waals surface area contributed by atoms with Crippen molar-refractivity contribution in [2.24, 2.45) is 5.73 Å². The van der Waals surface area contributed by atoms with Crippen molar-refractivity contribution >= 4 is 12.4 Å². The summed E-state index contributed by atoms with van der Waals surface area (Å²) in [4.78, 5) is 0. The van der Waals surface area contributed by atoms with Crippen LogP contribution in [0.1, 0.15) is 44.6 Å². The number of benzene rings is 2. The van der Waals surface area contributed by atoms with Crippen LogP contribution in [0.25, 0.3) is 0 Å². The van der Waals surface area contributed by atoms with Crippen LogP contribution in [0.5, 0.6) is 23.0 Å². The van der Waals surface area contributed by atoms with Crippen LogP contribution in [0.15, 0.2) is 42.5 Å². The van der Waals surface area contributed by atoms with Gasteiger partial charge in [-0.1, -0.05) is 51.0 Å². The molecule has 0 aliphatic heterocycles. The number of ether oxygens (including phenoxy) is 4. The van der Waals surface area contributed by atoms with Gasteiger partial charge in [0.05, 0.1) is 27.9 Å². The van der Waals surface area contributed by atoms with Crippen molar-refractivity contribution in [3.63, 3.8) is 0 Å². The number of para-hydroxylation sites is 1. The van der Waals surface area contributed by atoms with Crippen LogP contribution in [0.3, 0.4) is 0 Å². The third-order valence-electron chi connectivity index (χ3n) is 4.38. The number of nitrogens with two attached hydrogens (primary N) is 1. The van der Waals surface area contributed by atoms with Crippen LogP contribution < -0.4 is 24.7 Å². The summed E-state index contributed by atoms with van der Waals surface area (Å²) in [6.45, 7) is 5.65. The molecule has 0 amide bonds. The van der Waals surface area contributed by atoms with Gasteiger partial charge in [-0.2, -0.15) is 0 Å². The maximum absolute atomic E-state index is 5.66. The Kier molecular flexibility index (Phi) is 14.6. The van der Waals surface area contributed by atoms with Crippen LogP contribution in [0, 0.1) is 0 Å². The second-order valence-electron chi connectivity index (χ2n) is 6.43. The summed E-state index contributed by atoms with van der Waals surface area (Å²) in [7, 11) is 4.81. The van der Waals surface area contributed by atoms with Gasteiger partial charge in [0, 0.05) is 5.56 Å². The minimum Gasteiger partial charge on any atom is -0.494 e. The molecule has 0 aliphatic carbocycles. The molecule has 2 aromatic carbocycles. The van der Waals surface area contributed by atoms with E-state index in [1.165, 1.54) is 12.8 Å². The summed E-state index contributed by atoms with van der Waals surface area (Å²) in [5.41, 5.74) is 6.69. The fraction of sp³-hybridized carbons (Fsp3) is 0.478. The standard InChI is InChI=1S/C12H19NO3.C11H16O.ClH/c1-8(7-13)9-5-6-10(14-2)12(16-4)11(9)15-3;1-2-3-7-10-12-11-8-5-4-6-9-11;/h5-6,8H,7,13H2,1-4H3;4-6,8-9H,2-3,7,10H2,1H3;1H. The van der Waals surface area contributed by atoms with Gasteiger partial charge >= 0.3 is 0 Å². The van der Waals surface area contributed by atoms with Crippen LogP contribution >= 0.6 is 12.4 Å². The lowest BCUT2D eigenvalue weighted by Gasteiger charge is -2.18. The van der Waals surface area contributed by atoms with E-state index in [2.05, 4.69) is 6.92 Å². The predicted molar refractivity (Wildman–Crippen MR) is 122 cm³/mol. The Morgan fingerprint density at radius 2 is 1.52 bits per heavy atom. The average molecular weight is 426 g/mol. The molecule has 2 rings (SSSR count). The highest BCUT2D eigenvalue weighted by Crippen LogP contribution is 2.42. The summed E-state index contributed by atoms with van der Waals surface area (Å²) < 4.78 is 21.4. The zero-order valence-electron chi connectivity index (χ0n) is 18.3. The van der Waals surface area contributed by atoms with Crippen molar-refractivity contribution in [1.82, 2.24) is 0 Å². The molecule has 29 heavy (non-hydrogen) atoms. The van der Waals surface area contributed by atoms with E-state index in [0.29, 0.717) is 23.8 Å². The van der Waals surface area contributed by atoms with Gasteiger partial charge in [0.2, 0.25) is 5.75 Å². The molecular weight excluding hydrogens is 390 g/mol. The molecule has 1 unspecified atom stereocenters. The molecule has 0 saturated heterocycles. The van der Waals surface area contributed by atoms with E-state index < -0.39 is 0 Å². The Bertz CT molecular complexity index is 667. The van der Waals surface area contributed by atoms with Crippen LogP contribution in [-0.2, 0) is 0 Å². The molecule has 0 saturated carbocycles. The first-order valence-corrected chi connectivity index (χ1v) is 9.79. The number of halogens is 1. The van der Waals surface area contributed by atoms with Gasteiger partial charge in [0.1, 0.15) is 5.75 Å². The zero-order valence-corrected chi connectivity index (χ0v) is 19.1. The first-order valence-electron chi connectivity index (χ1n) is 9.79. The number of hydrogen-bond donors (Lipinski definition) is 1. The summed E-state index contributed by atoms with van der Waals surface area (Å²) in [5, 5.41) is 0. The lowest BCUT2D eigenvalue weighted by molar-refractivity contribution is 0.306. The third-order valence-corrected chi connectivity index (χ3v) is 4.38. The molecule has 0 fully saturated rings. The first-order chi connectivity index (χ1) is 13.6. The van der Waals surface area contributed by atoms with Gasteiger partial charge in [-0.25, -0.2) is 0 Å². The second kappa shape index (κ2) is 15.8. The molecule has 164 valence electrons. The van der Waals surface area contributed by atoms with Crippen molar-refractivity contribution in [2.75, 3.05) is 34.5 Å². The molecule has 1 atom stereocenters. The summed E-state index contributed by atoms with van der Waals surface area (Å²) in [5.74, 6) is 3.17. The van der Waals surface area contributed by atoms with Gasteiger partial charge in [-0.3, -0.25) is 0 Å². The molecule has 0 bridgehead atoms. The molecule has 2 aromatic rings. The third kappa shape index (κ3) is 8.84. The van der Waals surface area contributed by atoms with Crippen LogP contribution in [0.2, 0.25) is 0 Å². The van der Waals surface area contributed by atoms with E-state index in [0.717, 1.165) is 24.3 Å². The summed E-state index contributed by atoms with van der Waals surface area (Å²) in [6.07, 6.45) is 3.66. The van der Waals surface area contributed by atoms with E-state index in [1.54, 1.807) is 21.3 Å². The van der Waals surface area contributed by atoms with Gasteiger partial charge in [-0.15, -0.1) is 12.4 Å². The second-order valence-corrected chi connectivity index (χ2v) is 6.43. The SMILES string of the molecule is CCCCCOc1ccccc1.COc1ccc(C(C)CN)c(OC)c1OC.Cl. The van der Waals surface area contributed by atoms with Crippen LogP contribution in [-0.4, -0.2) is 34.5 Å². The van der Waals surface area contributed by atoms with Crippen molar-refractivity contribution < 1.29 is 18.9 Å². The van der Waals surface area contributed by atoms with E-state index >= 15 is 0 Å². The summed E-state index contributed by atoms with van der Waals surface area (Å²) in [6, 6.07) is 13.8. The lowest BCUT2D eigenvalue weighted by Crippen LogP contribution is -2.10. The number of rotatable bonds is 10. The smallest absolute Gasteiger partial charge is 0.203 e. The topological polar surface area (TPSA) is 62.9 Å². The maximum atomic E-state index is 5.66. The van der Waals surface area contributed by atoms with Crippen molar-refractivity contribution in [3.8, 4) is 23.0 Å². The van der Waals surface area contributed by atoms with Crippen molar-refractivity contribution in [3.05, 3.63) is 48.0 Å². The average Bonchev–Trinajstić information content (AvgIpc) is 2.76. The molecule has 0 heterocycles. The predicted octanol–water partition coefficient (Wildman–Crippen LogP) is 5.45. The van der Waals surface area contributed by atoms with Crippen molar-refractivity contribution in [2.45, 2.75) is 39.0 Å². The Hall–Kier alpha value is -2.11. The van der Waals surface area contributed by atoms with E-state index in [9.17, 15) is 0 Å². The Morgan fingerprint density at radius 1 is 0.862 bits per heavy atom. The largest absolute Gasteiger partial charge is 0.494 e. The van der Waals surface area contributed by atoms with Gasteiger partial charge in [-0.05, 0) is 37.1 Å². The monoisotopic (exact) mass is 425 g/mol. The quantitative estimate of drug-likeness (QED) is 0.512. The number of methoxy groups -OCH3 is 3. The lowest BCUT2D eigenvalue weighted by atomic mass is 9.99. The molecule has 2 N–H and O–H groups in total. The minimum absolute atomic E-state index is 0. The Balaban J connectivity index is 0.000000542. The van der Waals surface area contributed by atoms with E-state index in [-0.39, 0.29) is 18.3 Å². The van der Waals surface area contributed by atoms with Gasteiger partial charge in [0.15, 0.2) is 11.5 Å². The van der Waals surface area contributed by atoms with Gasteiger partial charge < -0.3 is 24.7 Å². The van der Waals surface area contributed by atoms with E-state index in [4.69, 9.17) is 24.7 Å².